The fourth-order valence-electron chi connectivity index (χ4n) is 0.740. The molecule has 0 saturated carbocycles. The molecule has 0 atom stereocenters. The summed E-state index contributed by atoms with van der Waals surface area (Å²) in [5.41, 5.74) is 0. The Kier molecular flexibility index (Phi) is 2.72. The molecular formula is C6H7NO2S3. The van der Waals surface area contributed by atoms with Gasteiger partial charge in [0.15, 0.2) is 0 Å². The van der Waals surface area contributed by atoms with Crippen molar-refractivity contribution in [2.45, 2.75) is 14.7 Å². The van der Waals surface area contributed by atoms with Crippen molar-refractivity contribution in [3.8, 4) is 0 Å². The number of nitrogens with two attached hydrogens (primary N) is 1. The summed E-state index contributed by atoms with van der Waals surface area (Å²) in [5.74, 6) is 0. The first kappa shape index (κ1) is 9.91. The zero-order valence-corrected chi connectivity index (χ0v) is 8.53. The lowest BCUT2D eigenvalue weighted by molar-refractivity contribution is 0.595. The van der Waals surface area contributed by atoms with Gasteiger partial charge in [-0.2, -0.15) is 0 Å². The predicted molar refractivity (Wildman–Crippen MR) is 52.3 cm³/mol. The van der Waals surface area contributed by atoms with Gasteiger partial charge in [-0.05, 0) is 12.1 Å². The van der Waals surface area contributed by atoms with Crippen LogP contribution in [-0.2, 0) is 10.0 Å². The van der Waals surface area contributed by atoms with Crippen LogP contribution in [-0.4, -0.2) is 8.42 Å². The third-order valence-corrected chi connectivity index (χ3v) is 3.42. The van der Waals surface area contributed by atoms with E-state index >= 15 is 0 Å². The topological polar surface area (TPSA) is 60.2 Å². The molecule has 0 bridgehead atoms. The largest absolute Gasteiger partial charge is 0.239 e. The van der Waals surface area contributed by atoms with E-state index in [9.17, 15) is 8.42 Å². The summed E-state index contributed by atoms with van der Waals surface area (Å²) in [7, 11) is -3.68. The first-order valence-electron chi connectivity index (χ1n) is 2.96. The molecule has 0 heterocycles. The predicted octanol–water partition coefficient (Wildman–Crippen LogP) is 0.911. The van der Waals surface area contributed by atoms with Crippen molar-refractivity contribution in [2.75, 3.05) is 0 Å². The smallest absolute Gasteiger partial charge is 0.225 e. The van der Waals surface area contributed by atoms with Gasteiger partial charge in [0.2, 0.25) is 10.0 Å². The number of primary sulfonamides is 1. The van der Waals surface area contributed by atoms with Gasteiger partial charge < -0.3 is 0 Å². The van der Waals surface area contributed by atoms with E-state index in [1.165, 1.54) is 6.07 Å². The number of rotatable bonds is 1. The van der Waals surface area contributed by atoms with Crippen molar-refractivity contribution in [2.24, 2.45) is 5.14 Å². The number of sulfonamides is 1. The van der Waals surface area contributed by atoms with E-state index in [-0.39, 0.29) is 9.79 Å². The van der Waals surface area contributed by atoms with Crippen LogP contribution in [0.1, 0.15) is 0 Å². The molecule has 0 amide bonds. The van der Waals surface area contributed by atoms with Crippen molar-refractivity contribution in [1.82, 2.24) is 0 Å². The van der Waals surface area contributed by atoms with Crippen LogP contribution < -0.4 is 5.14 Å². The molecule has 6 heteroatoms. The SMILES string of the molecule is NS(=O)(=O)c1cccc(S)c1S. The maximum atomic E-state index is 10.9. The Balaban J connectivity index is 3.47. The summed E-state index contributed by atoms with van der Waals surface area (Å²) >= 11 is 7.97. The van der Waals surface area contributed by atoms with Crippen LogP contribution in [0.25, 0.3) is 0 Å². The highest BCUT2D eigenvalue weighted by Gasteiger charge is 2.12. The van der Waals surface area contributed by atoms with Gasteiger partial charge in [0.25, 0.3) is 0 Å². The maximum Gasteiger partial charge on any atom is 0.239 e. The zero-order chi connectivity index (χ0) is 9.35. The van der Waals surface area contributed by atoms with Gasteiger partial charge in [0.1, 0.15) is 0 Å². The van der Waals surface area contributed by atoms with Gasteiger partial charge >= 0.3 is 0 Å². The normalized spacial score (nSPS) is 11.6. The van der Waals surface area contributed by atoms with E-state index in [4.69, 9.17) is 5.14 Å². The average molecular weight is 221 g/mol. The summed E-state index contributed by atoms with van der Waals surface area (Å²) in [6.07, 6.45) is 0. The quantitative estimate of drug-likeness (QED) is 0.617. The summed E-state index contributed by atoms with van der Waals surface area (Å²) in [5, 5.41) is 4.92. The van der Waals surface area contributed by atoms with Gasteiger partial charge in [-0.15, -0.1) is 25.3 Å². The van der Waals surface area contributed by atoms with Gasteiger partial charge in [0.05, 0.1) is 4.90 Å². The Hall–Kier alpha value is -0.170. The molecule has 0 aliphatic rings. The lowest BCUT2D eigenvalue weighted by Crippen LogP contribution is -2.12. The third kappa shape index (κ3) is 1.95. The molecule has 0 aliphatic heterocycles. The Morgan fingerprint density at radius 2 is 1.83 bits per heavy atom. The summed E-state index contributed by atoms with van der Waals surface area (Å²) < 4.78 is 21.8. The van der Waals surface area contributed by atoms with Crippen molar-refractivity contribution >= 4 is 35.3 Å². The van der Waals surface area contributed by atoms with E-state index in [2.05, 4.69) is 25.3 Å². The molecule has 0 spiro atoms. The molecule has 3 nitrogen and oxygen atoms in total. The molecule has 0 radical (unpaired) electrons. The van der Waals surface area contributed by atoms with Crippen molar-refractivity contribution in [1.29, 1.82) is 0 Å². The number of hydrogen-bond donors (Lipinski definition) is 3. The van der Waals surface area contributed by atoms with Crippen LogP contribution >= 0.6 is 25.3 Å². The molecular weight excluding hydrogens is 214 g/mol. The Morgan fingerprint density at radius 3 is 2.25 bits per heavy atom. The molecule has 0 aromatic heterocycles. The standard InChI is InChI=1S/C6H7NO2S3/c7-12(8,9)5-3-1-2-4(10)6(5)11/h1-3,10-11H,(H2,7,8,9). The molecule has 0 aliphatic carbocycles. The highest BCUT2D eigenvalue weighted by molar-refractivity contribution is 7.90. The molecule has 1 aromatic rings. The van der Waals surface area contributed by atoms with Crippen LogP contribution in [0.15, 0.2) is 32.9 Å². The average Bonchev–Trinajstić information content (AvgIpc) is 1.92. The van der Waals surface area contributed by atoms with E-state index < -0.39 is 10.0 Å². The minimum absolute atomic E-state index is 0.00154. The van der Waals surface area contributed by atoms with Crippen LogP contribution in [0.2, 0.25) is 0 Å². The number of benzene rings is 1. The fraction of sp³-hybridized carbons (Fsp3) is 0. The molecule has 1 rings (SSSR count). The van der Waals surface area contributed by atoms with E-state index in [0.29, 0.717) is 4.90 Å². The van der Waals surface area contributed by atoms with Crippen molar-refractivity contribution in [3.63, 3.8) is 0 Å². The van der Waals surface area contributed by atoms with Gasteiger partial charge in [-0.3, -0.25) is 0 Å². The van der Waals surface area contributed by atoms with Crippen LogP contribution in [0.5, 0.6) is 0 Å². The molecule has 66 valence electrons. The number of hydrogen-bond acceptors (Lipinski definition) is 4. The highest BCUT2D eigenvalue weighted by atomic mass is 32.2. The van der Waals surface area contributed by atoms with E-state index in [1.54, 1.807) is 12.1 Å². The monoisotopic (exact) mass is 221 g/mol. The minimum Gasteiger partial charge on any atom is -0.225 e. The molecule has 1 aromatic carbocycles. The Bertz CT molecular complexity index is 399. The fourth-order valence-corrected chi connectivity index (χ4v) is 2.20. The maximum absolute atomic E-state index is 10.9. The van der Waals surface area contributed by atoms with Crippen molar-refractivity contribution < 1.29 is 8.42 Å². The van der Waals surface area contributed by atoms with Crippen LogP contribution in [0.3, 0.4) is 0 Å². The molecule has 12 heavy (non-hydrogen) atoms. The van der Waals surface area contributed by atoms with Gasteiger partial charge in [0, 0.05) is 9.79 Å². The Labute approximate surface area is 81.8 Å². The van der Waals surface area contributed by atoms with Crippen LogP contribution in [0, 0.1) is 0 Å². The molecule has 0 fully saturated rings. The second kappa shape index (κ2) is 3.29. The van der Waals surface area contributed by atoms with Crippen LogP contribution in [0.4, 0.5) is 0 Å². The first-order valence-corrected chi connectivity index (χ1v) is 5.41. The second-order valence-electron chi connectivity index (χ2n) is 2.17. The summed E-state index contributed by atoms with van der Waals surface area (Å²) in [6.45, 7) is 0. The lowest BCUT2D eigenvalue weighted by Gasteiger charge is -2.03. The van der Waals surface area contributed by atoms with E-state index in [1.807, 2.05) is 0 Å². The minimum atomic E-state index is -3.68. The first-order chi connectivity index (χ1) is 5.43. The molecule has 0 saturated heterocycles. The molecule has 0 unspecified atom stereocenters. The van der Waals surface area contributed by atoms with E-state index in [0.717, 1.165) is 0 Å². The summed E-state index contributed by atoms with van der Waals surface area (Å²) in [6, 6.07) is 4.58. The second-order valence-corrected chi connectivity index (χ2v) is 4.63. The third-order valence-electron chi connectivity index (χ3n) is 1.28. The molecule has 2 N–H and O–H groups in total. The van der Waals surface area contributed by atoms with Crippen molar-refractivity contribution in [3.05, 3.63) is 18.2 Å². The lowest BCUT2D eigenvalue weighted by atomic mass is 10.4. The Morgan fingerprint density at radius 1 is 1.25 bits per heavy atom. The number of thiol groups is 2. The highest BCUT2D eigenvalue weighted by Crippen LogP contribution is 2.24. The van der Waals surface area contributed by atoms with Gasteiger partial charge in [-0.25, -0.2) is 13.6 Å². The van der Waals surface area contributed by atoms with Gasteiger partial charge in [-0.1, -0.05) is 6.07 Å². The zero-order valence-electron chi connectivity index (χ0n) is 5.93. The summed E-state index contributed by atoms with van der Waals surface area (Å²) in [4.78, 5) is 0.770.